The predicted octanol–water partition coefficient (Wildman–Crippen LogP) is 3.80. The molecule has 0 atom stereocenters. The summed E-state index contributed by atoms with van der Waals surface area (Å²) >= 11 is 0. The fraction of sp³-hybridized carbons (Fsp3) is 0.111. The van der Waals surface area contributed by atoms with Crippen LogP contribution in [0.5, 0.6) is 0 Å². The van der Waals surface area contributed by atoms with Gasteiger partial charge in [-0.3, -0.25) is 9.78 Å². The van der Waals surface area contributed by atoms with Crippen LogP contribution in [0.2, 0.25) is 0 Å². The molecule has 3 rings (SSSR count). The van der Waals surface area contributed by atoms with E-state index < -0.39 is 17.5 Å². The summed E-state index contributed by atoms with van der Waals surface area (Å²) in [5, 5.41) is 0. The molecule has 0 N–H and O–H groups in total. The fourth-order valence-corrected chi connectivity index (χ4v) is 2.34. The minimum absolute atomic E-state index is 0.164. The number of hydrogen-bond donors (Lipinski definition) is 0. The number of nitrogens with zero attached hydrogens (tertiary/aromatic N) is 2. The molecule has 0 aliphatic rings. The smallest absolute Gasteiger partial charge is 0.257 e. The van der Waals surface area contributed by atoms with Crippen molar-refractivity contribution >= 4 is 5.91 Å². The van der Waals surface area contributed by atoms with E-state index in [-0.39, 0.29) is 18.7 Å². The first-order chi connectivity index (χ1) is 11.6. The molecule has 24 heavy (non-hydrogen) atoms. The lowest BCUT2D eigenvalue weighted by Crippen LogP contribution is -2.30. The zero-order chi connectivity index (χ0) is 16.9. The molecule has 2 heterocycles. The van der Waals surface area contributed by atoms with Crippen molar-refractivity contribution in [2.45, 2.75) is 13.1 Å². The van der Waals surface area contributed by atoms with Crippen molar-refractivity contribution < 1.29 is 18.0 Å². The fourth-order valence-electron chi connectivity index (χ4n) is 2.34. The summed E-state index contributed by atoms with van der Waals surface area (Å²) in [6.07, 6.45) is 4.76. The van der Waals surface area contributed by atoms with Crippen molar-refractivity contribution in [3.8, 4) is 0 Å². The molecule has 122 valence electrons. The molecule has 4 nitrogen and oxygen atoms in total. The second kappa shape index (κ2) is 7.04. The number of carbonyl (C=O) groups excluding carboxylic acids is 1. The van der Waals surface area contributed by atoms with Crippen LogP contribution in [0.25, 0.3) is 0 Å². The van der Waals surface area contributed by atoms with E-state index in [2.05, 4.69) is 4.98 Å². The van der Waals surface area contributed by atoms with E-state index in [0.29, 0.717) is 11.8 Å². The normalized spacial score (nSPS) is 10.6. The molecule has 0 unspecified atom stereocenters. The van der Waals surface area contributed by atoms with Gasteiger partial charge in [0.2, 0.25) is 0 Å². The van der Waals surface area contributed by atoms with E-state index in [1.807, 2.05) is 6.07 Å². The Morgan fingerprint density at radius 1 is 1.12 bits per heavy atom. The van der Waals surface area contributed by atoms with Gasteiger partial charge in [0.15, 0.2) is 0 Å². The highest BCUT2D eigenvalue weighted by Crippen LogP contribution is 2.17. The molecule has 1 aromatic carbocycles. The van der Waals surface area contributed by atoms with Gasteiger partial charge in [0.1, 0.15) is 17.4 Å². The topological polar surface area (TPSA) is 46.3 Å². The number of rotatable bonds is 5. The summed E-state index contributed by atoms with van der Waals surface area (Å²) in [6.45, 7) is 0.391. The van der Waals surface area contributed by atoms with E-state index in [4.69, 9.17) is 4.42 Å². The first-order valence-electron chi connectivity index (χ1n) is 7.29. The lowest BCUT2D eigenvalue weighted by atomic mass is 10.1. The molecular weight excluding hydrogens is 314 g/mol. The van der Waals surface area contributed by atoms with Gasteiger partial charge < -0.3 is 9.32 Å². The molecule has 0 aliphatic heterocycles. The largest absolute Gasteiger partial charge is 0.467 e. The molecule has 0 radical (unpaired) electrons. The van der Waals surface area contributed by atoms with Crippen LogP contribution in [0.1, 0.15) is 21.7 Å². The Kier molecular flexibility index (Phi) is 4.65. The third kappa shape index (κ3) is 3.65. The third-order valence-corrected chi connectivity index (χ3v) is 3.47. The monoisotopic (exact) mass is 328 g/mol. The van der Waals surface area contributed by atoms with Crippen LogP contribution in [0.3, 0.4) is 0 Å². The maximum absolute atomic E-state index is 14.0. The molecule has 6 heteroatoms. The average Bonchev–Trinajstić information content (AvgIpc) is 3.08. The Morgan fingerprint density at radius 2 is 2.00 bits per heavy atom. The van der Waals surface area contributed by atoms with Gasteiger partial charge in [0.25, 0.3) is 5.91 Å². The van der Waals surface area contributed by atoms with Crippen molar-refractivity contribution in [3.05, 3.63) is 89.6 Å². The van der Waals surface area contributed by atoms with Gasteiger partial charge in [0.05, 0.1) is 18.4 Å². The zero-order valence-electron chi connectivity index (χ0n) is 12.7. The van der Waals surface area contributed by atoms with Crippen LogP contribution in [-0.4, -0.2) is 15.8 Å². The second-order valence-corrected chi connectivity index (χ2v) is 5.23. The molecule has 0 saturated carbocycles. The number of furan rings is 1. The van der Waals surface area contributed by atoms with Crippen molar-refractivity contribution in [1.82, 2.24) is 9.88 Å². The Balaban J connectivity index is 1.89. The SMILES string of the molecule is O=C(c1ccc(F)cc1F)N(Cc1cccnc1)Cc1ccco1. The quantitative estimate of drug-likeness (QED) is 0.716. The van der Waals surface area contributed by atoms with E-state index in [1.54, 1.807) is 30.6 Å². The molecule has 0 fully saturated rings. The summed E-state index contributed by atoms with van der Waals surface area (Å²) in [5.41, 5.74) is 0.603. The highest BCUT2D eigenvalue weighted by molar-refractivity contribution is 5.94. The molecule has 0 spiro atoms. The van der Waals surface area contributed by atoms with Crippen LogP contribution in [0.15, 0.2) is 65.5 Å². The van der Waals surface area contributed by atoms with Gasteiger partial charge in [0, 0.05) is 25.0 Å². The highest BCUT2D eigenvalue weighted by Gasteiger charge is 2.21. The number of carbonyl (C=O) groups is 1. The van der Waals surface area contributed by atoms with Gasteiger partial charge >= 0.3 is 0 Å². The Morgan fingerprint density at radius 3 is 2.67 bits per heavy atom. The average molecular weight is 328 g/mol. The van der Waals surface area contributed by atoms with Crippen molar-refractivity contribution in [1.29, 1.82) is 0 Å². The number of hydrogen-bond acceptors (Lipinski definition) is 3. The second-order valence-electron chi connectivity index (χ2n) is 5.23. The molecule has 1 amide bonds. The number of amides is 1. The summed E-state index contributed by atoms with van der Waals surface area (Å²) < 4.78 is 32.3. The third-order valence-electron chi connectivity index (χ3n) is 3.47. The van der Waals surface area contributed by atoms with E-state index in [0.717, 1.165) is 17.7 Å². The minimum atomic E-state index is -0.893. The van der Waals surface area contributed by atoms with E-state index >= 15 is 0 Å². The number of halogens is 2. The van der Waals surface area contributed by atoms with E-state index in [9.17, 15) is 13.6 Å². The Labute approximate surface area is 137 Å². The standard InChI is InChI=1S/C18H14F2N2O2/c19-14-5-6-16(17(20)9-14)18(23)22(12-15-4-2-8-24-15)11-13-3-1-7-21-10-13/h1-10H,11-12H2. The molecular formula is C18H14F2N2O2. The molecule has 0 aliphatic carbocycles. The van der Waals surface area contributed by atoms with Crippen molar-refractivity contribution in [3.63, 3.8) is 0 Å². The Hall–Kier alpha value is -3.02. The zero-order valence-corrected chi connectivity index (χ0v) is 12.7. The maximum Gasteiger partial charge on any atom is 0.257 e. The molecule has 2 aromatic heterocycles. The predicted molar refractivity (Wildman–Crippen MR) is 82.9 cm³/mol. The highest BCUT2D eigenvalue weighted by atomic mass is 19.1. The molecule has 3 aromatic rings. The van der Waals surface area contributed by atoms with Gasteiger partial charge in [-0.2, -0.15) is 0 Å². The molecule has 0 bridgehead atoms. The van der Waals surface area contributed by atoms with Crippen LogP contribution >= 0.6 is 0 Å². The lowest BCUT2D eigenvalue weighted by molar-refractivity contribution is 0.0712. The van der Waals surface area contributed by atoms with Gasteiger partial charge in [-0.1, -0.05) is 6.07 Å². The summed E-state index contributed by atoms with van der Waals surface area (Å²) in [6, 6.07) is 9.91. The lowest BCUT2D eigenvalue weighted by Gasteiger charge is -2.22. The first kappa shape index (κ1) is 15.9. The van der Waals surface area contributed by atoms with Crippen molar-refractivity contribution in [2.24, 2.45) is 0 Å². The number of pyridine rings is 1. The van der Waals surface area contributed by atoms with Crippen LogP contribution in [0, 0.1) is 11.6 Å². The molecule has 0 saturated heterocycles. The van der Waals surface area contributed by atoms with Crippen LogP contribution < -0.4 is 0 Å². The number of aromatic nitrogens is 1. The van der Waals surface area contributed by atoms with Gasteiger partial charge in [-0.05, 0) is 35.9 Å². The summed E-state index contributed by atoms with van der Waals surface area (Å²) in [5.74, 6) is -1.60. The van der Waals surface area contributed by atoms with Gasteiger partial charge in [-0.25, -0.2) is 8.78 Å². The van der Waals surface area contributed by atoms with E-state index in [1.165, 1.54) is 11.2 Å². The van der Waals surface area contributed by atoms with Crippen LogP contribution in [-0.2, 0) is 13.1 Å². The summed E-state index contributed by atoms with van der Waals surface area (Å²) in [7, 11) is 0. The van der Waals surface area contributed by atoms with Crippen LogP contribution in [0.4, 0.5) is 8.78 Å². The number of benzene rings is 1. The van der Waals surface area contributed by atoms with Gasteiger partial charge in [-0.15, -0.1) is 0 Å². The minimum Gasteiger partial charge on any atom is -0.467 e. The van der Waals surface area contributed by atoms with Crippen molar-refractivity contribution in [2.75, 3.05) is 0 Å². The Bertz CT molecular complexity index is 820. The maximum atomic E-state index is 14.0. The summed E-state index contributed by atoms with van der Waals surface area (Å²) in [4.78, 5) is 18.1. The first-order valence-corrected chi connectivity index (χ1v) is 7.29.